The van der Waals surface area contributed by atoms with E-state index in [0.29, 0.717) is 15.0 Å². The third kappa shape index (κ3) is 1.60. The second-order valence-electron chi connectivity index (χ2n) is 2.33. The van der Waals surface area contributed by atoms with Crippen LogP contribution in [0.5, 0.6) is 0 Å². The van der Waals surface area contributed by atoms with Gasteiger partial charge in [0.05, 0.1) is 17.4 Å². The van der Waals surface area contributed by atoms with Gasteiger partial charge in [-0.2, -0.15) is 10.4 Å². The van der Waals surface area contributed by atoms with Gasteiger partial charge in [-0.25, -0.2) is 9.67 Å². The first-order valence-corrected chi connectivity index (χ1v) is 5.05. The van der Waals surface area contributed by atoms with E-state index in [1.54, 1.807) is 6.20 Å². The molecule has 0 aliphatic heterocycles. The van der Waals surface area contributed by atoms with Gasteiger partial charge in [-0.1, -0.05) is 34.5 Å². The van der Waals surface area contributed by atoms with Crippen LogP contribution in [0, 0.1) is 11.3 Å². The first-order valence-electron chi connectivity index (χ1n) is 3.47. The van der Waals surface area contributed by atoms with Crippen LogP contribution < -0.4 is 0 Å². The molecule has 0 saturated heterocycles. The molecule has 0 fully saturated rings. The van der Waals surface area contributed by atoms with Crippen molar-refractivity contribution < 1.29 is 0 Å². The molecule has 0 bridgehead atoms. The Hall–Kier alpha value is -1.09. The quantitative estimate of drug-likeness (QED) is 0.775. The fourth-order valence-electron chi connectivity index (χ4n) is 0.863. The summed E-state index contributed by atoms with van der Waals surface area (Å²) in [4.78, 5) is 4.34. The van der Waals surface area contributed by atoms with Gasteiger partial charge in [0.15, 0.2) is 5.15 Å². The van der Waals surface area contributed by atoms with E-state index >= 15 is 0 Å². The SMILES string of the molecule is N#Cc1sc(-n2cc(Cl)cn2)nc1Cl. The Balaban J connectivity index is 2.48. The van der Waals surface area contributed by atoms with Gasteiger partial charge < -0.3 is 0 Å². The van der Waals surface area contributed by atoms with E-state index < -0.39 is 0 Å². The Labute approximate surface area is 93.3 Å². The summed E-state index contributed by atoms with van der Waals surface area (Å²) < 4.78 is 1.47. The standard InChI is InChI=1S/C7H2Cl2N4S/c8-4-2-11-13(3-4)7-12-6(9)5(1-10)14-7/h2-3H. The number of nitriles is 1. The maximum absolute atomic E-state index is 8.66. The lowest BCUT2D eigenvalue weighted by molar-refractivity contribution is 0.869. The second kappa shape index (κ2) is 3.58. The lowest BCUT2D eigenvalue weighted by Crippen LogP contribution is -1.91. The van der Waals surface area contributed by atoms with E-state index in [2.05, 4.69) is 10.1 Å². The van der Waals surface area contributed by atoms with Crippen molar-refractivity contribution in [1.29, 1.82) is 5.26 Å². The molecule has 0 aliphatic rings. The molecule has 0 saturated carbocycles. The van der Waals surface area contributed by atoms with E-state index in [1.807, 2.05) is 6.07 Å². The zero-order valence-electron chi connectivity index (χ0n) is 6.61. The van der Waals surface area contributed by atoms with Gasteiger partial charge in [0.1, 0.15) is 10.9 Å². The minimum Gasteiger partial charge on any atom is -0.212 e. The number of halogens is 2. The first kappa shape index (κ1) is 9.46. The molecule has 2 heterocycles. The fourth-order valence-corrected chi connectivity index (χ4v) is 1.98. The normalized spacial score (nSPS) is 10.1. The van der Waals surface area contributed by atoms with Crippen molar-refractivity contribution in [2.75, 3.05) is 0 Å². The van der Waals surface area contributed by atoms with Crippen LogP contribution in [0.25, 0.3) is 5.13 Å². The second-order valence-corrected chi connectivity index (χ2v) is 4.10. The Kier molecular flexibility index (Phi) is 2.42. The summed E-state index contributed by atoms with van der Waals surface area (Å²) in [5, 5.41) is 13.8. The molecule has 0 aliphatic carbocycles. The number of rotatable bonds is 1. The third-order valence-electron chi connectivity index (χ3n) is 1.42. The highest BCUT2D eigenvalue weighted by Gasteiger charge is 2.10. The molecule has 0 aromatic carbocycles. The Bertz CT molecular complexity index is 510. The summed E-state index contributed by atoms with van der Waals surface area (Å²) in [5.74, 6) is 0. The van der Waals surface area contributed by atoms with Gasteiger partial charge in [0, 0.05) is 0 Å². The van der Waals surface area contributed by atoms with E-state index in [4.69, 9.17) is 28.5 Å². The van der Waals surface area contributed by atoms with Crippen molar-refractivity contribution in [2.24, 2.45) is 0 Å². The van der Waals surface area contributed by atoms with Gasteiger partial charge in [0.25, 0.3) is 0 Å². The maximum atomic E-state index is 8.66. The van der Waals surface area contributed by atoms with Crippen molar-refractivity contribution in [1.82, 2.24) is 14.8 Å². The van der Waals surface area contributed by atoms with Crippen molar-refractivity contribution >= 4 is 34.5 Å². The summed E-state index contributed by atoms with van der Waals surface area (Å²) in [6.45, 7) is 0. The average Bonchev–Trinajstić information content (AvgIpc) is 2.71. The summed E-state index contributed by atoms with van der Waals surface area (Å²) in [5.41, 5.74) is 0. The number of hydrogen-bond donors (Lipinski definition) is 0. The van der Waals surface area contributed by atoms with Crippen LogP contribution in [0.3, 0.4) is 0 Å². The minimum absolute atomic E-state index is 0.194. The van der Waals surface area contributed by atoms with Gasteiger partial charge in [-0.3, -0.25) is 0 Å². The summed E-state index contributed by atoms with van der Waals surface area (Å²) >= 11 is 12.6. The number of hydrogen-bond acceptors (Lipinski definition) is 4. The molecular formula is C7H2Cl2N4S. The van der Waals surface area contributed by atoms with Crippen LogP contribution in [0.1, 0.15) is 4.88 Å². The van der Waals surface area contributed by atoms with E-state index in [-0.39, 0.29) is 5.15 Å². The van der Waals surface area contributed by atoms with Crippen LogP contribution in [0.4, 0.5) is 0 Å². The molecule has 70 valence electrons. The number of nitrogens with zero attached hydrogens (tertiary/aromatic N) is 4. The number of thiazole rings is 1. The highest BCUT2D eigenvalue weighted by atomic mass is 35.5. The lowest BCUT2D eigenvalue weighted by atomic mass is 10.6. The average molecular weight is 245 g/mol. The van der Waals surface area contributed by atoms with Gasteiger partial charge >= 0.3 is 0 Å². The Morgan fingerprint density at radius 2 is 2.29 bits per heavy atom. The molecule has 4 nitrogen and oxygen atoms in total. The molecule has 0 unspecified atom stereocenters. The lowest BCUT2D eigenvalue weighted by Gasteiger charge is -1.90. The van der Waals surface area contributed by atoms with Gasteiger partial charge in [-0.15, -0.1) is 0 Å². The maximum Gasteiger partial charge on any atom is 0.213 e. The summed E-state index contributed by atoms with van der Waals surface area (Å²) in [6.07, 6.45) is 3.08. The van der Waals surface area contributed by atoms with Gasteiger partial charge in [0.2, 0.25) is 5.13 Å². The predicted octanol–water partition coefficient (Wildman–Crippen LogP) is 2.51. The van der Waals surface area contributed by atoms with Crippen molar-refractivity contribution in [3.05, 3.63) is 27.4 Å². The molecule has 2 aromatic heterocycles. The molecule has 0 amide bonds. The largest absolute Gasteiger partial charge is 0.213 e. The van der Waals surface area contributed by atoms with Crippen molar-refractivity contribution in [2.45, 2.75) is 0 Å². The molecule has 2 aromatic rings. The minimum atomic E-state index is 0.194. The van der Waals surface area contributed by atoms with Crippen LogP contribution in [-0.2, 0) is 0 Å². The van der Waals surface area contributed by atoms with Crippen LogP contribution in [0.15, 0.2) is 12.4 Å². The zero-order valence-corrected chi connectivity index (χ0v) is 8.94. The van der Waals surface area contributed by atoms with Crippen molar-refractivity contribution in [3.63, 3.8) is 0 Å². The molecule has 0 spiro atoms. The molecule has 0 N–H and O–H groups in total. The van der Waals surface area contributed by atoms with E-state index in [0.717, 1.165) is 11.3 Å². The van der Waals surface area contributed by atoms with Crippen molar-refractivity contribution in [3.8, 4) is 11.2 Å². The highest BCUT2D eigenvalue weighted by Crippen LogP contribution is 2.24. The molecule has 2 rings (SSSR count). The summed E-state index contributed by atoms with van der Waals surface area (Å²) in [6, 6.07) is 1.94. The van der Waals surface area contributed by atoms with Crippen LogP contribution in [-0.4, -0.2) is 14.8 Å². The predicted molar refractivity (Wildman–Crippen MR) is 54.0 cm³/mol. The molecule has 14 heavy (non-hydrogen) atoms. The Morgan fingerprint density at radius 1 is 1.50 bits per heavy atom. The first-order chi connectivity index (χ1) is 6.70. The monoisotopic (exact) mass is 244 g/mol. The fraction of sp³-hybridized carbons (Fsp3) is 0. The number of aromatic nitrogens is 3. The molecule has 7 heteroatoms. The van der Waals surface area contributed by atoms with E-state index in [9.17, 15) is 0 Å². The highest BCUT2D eigenvalue weighted by molar-refractivity contribution is 7.15. The topological polar surface area (TPSA) is 54.5 Å². The summed E-state index contributed by atoms with van der Waals surface area (Å²) in [7, 11) is 0. The third-order valence-corrected chi connectivity index (χ3v) is 2.95. The Morgan fingerprint density at radius 3 is 2.79 bits per heavy atom. The van der Waals surface area contributed by atoms with Crippen LogP contribution in [0.2, 0.25) is 10.2 Å². The van der Waals surface area contributed by atoms with Crippen LogP contribution >= 0.6 is 34.5 Å². The van der Waals surface area contributed by atoms with E-state index in [1.165, 1.54) is 10.9 Å². The smallest absolute Gasteiger partial charge is 0.212 e. The molecule has 0 radical (unpaired) electrons. The zero-order chi connectivity index (χ0) is 10.1. The molecular weight excluding hydrogens is 243 g/mol. The molecule has 0 atom stereocenters. The van der Waals surface area contributed by atoms with Gasteiger partial charge in [-0.05, 0) is 0 Å².